The van der Waals surface area contributed by atoms with E-state index >= 15 is 0 Å². The number of aryl methyl sites for hydroxylation is 2. The van der Waals surface area contributed by atoms with E-state index in [0.717, 1.165) is 41.7 Å². The Morgan fingerprint density at radius 2 is 1.61 bits per heavy atom. The number of benzene rings is 3. The smallest absolute Gasteiger partial charge is 0.328 e. The Morgan fingerprint density at radius 1 is 0.939 bits per heavy atom. The Kier molecular flexibility index (Phi) is 6.91. The first kappa shape index (κ1) is 22.8. The van der Waals surface area contributed by atoms with E-state index in [4.69, 9.17) is 4.74 Å². The number of aromatic nitrogens is 2. The number of rotatable bonds is 9. The minimum atomic E-state index is -0.808. The molecule has 3 aromatic carbocycles. The van der Waals surface area contributed by atoms with Gasteiger partial charge in [0.15, 0.2) is 0 Å². The molecular weight excluding hydrogens is 421 g/mol. The maximum atomic E-state index is 12.9. The molecule has 0 fully saturated rings. The first-order valence-corrected chi connectivity index (χ1v) is 10.9. The number of aliphatic hydroxyl groups excluding tert-OH is 1. The standard InChI is InChI=1S/C26H28FN3O3/c1-29-23-12-7-20(15-24(23)30(2)26(29)32)25(31)17-33-22-10-5-19(6-11-22)16-28-14-13-18-3-8-21(27)9-4-18/h3-12,15,25,28,31H,13-14,16-17H2,1-2H3/t25-/m1/s1. The number of nitrogens with one attached hydrogen (secondary N) is 1. The minimum absolute atomic E-state index is 0.0991. The molecule has 0 aliphatic heterocycles. The van der Waals surface area contributed by atoms with E-state index in [1.54, 1.807) is 35.4 Å². The molecule has 1 atom stereocenters. The molecule has 4 aromatic rings. The van der Waals surface area contributed by atoms with Crippen LogP contribution in [0.15, 0.2) is 71.5 Å². The van der Waals surface area contributed by atoms with Gasteiger partial charge in [0.1, 0.15) is 24.3 Å². The highest BCUT2D eigenvalue weighted by Gasteiger charge is 2.13. The molecule has 4 rings (SSSR count). The van der Waals surface area contributed by atoms with Gasteiger partial charge in [-0.15, -0.1) is 0 Å². The van der Waals surface area contributed by atoms with Crippen molar-refractivity contribution in [3.63, 3.8) is 0 Å². The molecule has 0 saturated heterocycles. The van der Waals surface area contributed by atoms with Crippen molar-refractivity contribution in [1.82, 2.24) is 14.5 Å². The summed E-state index contributed by atoms with van der Waals surface area (Å²) in [5.41, 5.74) is 4.41. The number of halogens is 1. The maximum absolute atomic E-state index is 12.9. The number of hydrogen-bond donors (Lipinski definition) is 2. The molecular formula is C26H28FN3O3. The Balaban J connectivity index is 1.26. The number of imidazole rings is 1. The van der Waals surface area contributed by atoms with Crippen LogP contribution < -0.4 is 15.7 Å². The number of nitrogens with zero attached hydrogens (tertiary/aromatic N) is 2. The van der Waals surface area contributed by atoms with E-state index in [1.807, 2.05) is 42.5 Å². The van der Waals surface area contributed by atoms with Crippen LogP contribution in [-0.4, -0.2) is 27.4 Å². The van der Waals surface area contributed by atoms with Crippen LogP contribution in [-0.2, 0) is 27.1 Å². The minimum Gasteiger partial charge on any atom is -0.491 e. The fourth-order valence-corrected chi connectivity index (χ4v) is 3.82. The zero-order valence-corrected chi connectivity index (χ0v) is 18.8. The average Bonchev–Trinajstić information content (AvgIpc) is 3.05. The maximum Gasteiger partial charge on any atom is 0.328 e. The lowest BCUT2D eigenvalue weighted by Gasteiger charge is -2.14. The molecule has 1 heterocycles. The van der Waals surface area contributed by atoms with Gasteiger partial charge in [-0.2, -0.15) is 0 Å². The Labute approximate surface area is 191 Å². The predicted molar refractivity (Wildman–Crippen MR) is 127 cm³/mol. The third-order valence-corrected chi connectivity index (χ3v) is 5.84. The van der Waals surface area contributed by atoms with E-state index in [9.17, 15) is 14.3 Å². The van der Waals surface area contributed by atoms with Crippen molar-refractivity contribution in [3.05, 3.63) is 99.7 Å². The first-order valence-electron chi connectivity index (χ1n) is 10.9. The SMILES string of the molecule is Cn1c(=O)n(C)c2cc([C@H](O)COc3ccc(CNCCc4ccc(F)cc4)cc3)ccc21. The fourth-order valence-electron chi connectivity index (χ4n) is 3.82. The van der Waals surface area contributed by atoms with Gasteiger partial charge in [-0.05, 0) is 66.1 Å². The lowest BCUT2D eigenvalue weighted by Crippen LogP contribution is -2.19. The third kappa shape index (κ3) is 5.32. The lowest BCUT2D eigenvalue weighted by molar-refractivity contribution is 0.108. The summed E-state index contributed by atoms with van der Waals surface area (Å²) >= 11 is 0. The van der Waals surface area contributed by atoms with Crippen LogP contribution in [0.25, 0.3) is 11.0 Å². The summed E-state index contributed by atoms with van der Waals surface area (Å²) in [5.74, 6) is 0.461. The van der Waals surface area contributed by atoms with Crippen molar-refractivity contribution < 1.29 is 14.2 Å². The summed E-state index contributed by atoms with van der Waals surface area (Å²) < 4.78 is 21.9. The highest BCUT2D eigenvalue weighted by molar-refractivity contribution is 5.77. The summed E-state index contributed by atoms with van der Waals surface area (Å²) in [4.78, 5) is 12.1. The lowest BCUT2D eigenvalue weighted by atomic mass is 10.1. The molecule has 1 aromatic heterocycles. The van der Waals surface area contributed by atoms with Crippen LogP contribution in [0, 0.1) is 5.82 Å². The van der Waals surface area contributed by atoms with E-state index in [2.05, 4.69) is 5.32 Å². The van der Waals surface area contributed by atoms with Crippen molar-refractivity contribution in [2.75, 3.05) is 13.2 Å². The molecule has 0 aliphatic rings. The molecule has 0 aliphatic carbocycles. The van der Waals surface area contributed by atoms with Gasteiger partial charge < -0.3 is 15.2 Å². The van der Waals surface area contributed by atoms with Crippen LogP contribution in [0.2, 0.25) is 0 Å². The van der Waals surface area contributed by atoms with Gasteiger partial charge in [-0.3, -0.25) is 9.13 Å². The van der Waals surface area contributed by atoms with Crippen molar-refractivity contribution in [3.8, 4) is 5.75 Å². The fraction of sp³-hybridized carbons (Fsp3) is 0.269. The molecule has 0 bridgehead atoms. The largest absolute Gasteiger partial charge is 0.491 e. The van der Waals surface area contributed by atoms with Gasteiger partial charge in [0.05, 0.1) is 11.0 Å². The van der Waals surface area contributed by atoms with Crippen molar-refractivity contribution in [2.45, 2.75) is 19.1 Å². The zero-order valence-electron chi connectivity index (χ0n) is 18.8. The zero-order chi connectivity index (χ0) is 23.4. The molecule has 6 nitrogen and oxygen atoms in total. The Bertz CT molecular complexity index is 1280. The van der Waals surface area contributed by atoms with Gasteiger partial charge in [0.2, 0.25) is 0 Å². The predicted octanol–water partition coefficient (Wildman–Crippen LogP) is 3.46. The summed E-state index contributed by atoms with van der Waals surface area (Å²) in [6, 6.07) is 19.8. The Morgan fingerprint density at radius 3 is 2.33 bits per heavy atom. The van der Waals surface area contributed by atoms with Gasteiger partial charge >= 0.3 is 5.69 Å². The summed E-state index contributed by atoms with van der Waals surface area (Å²) in [6.45, 7) is 1.63. The Hall–Kier alpha value is -3.42. The highest BCUT2D eigenvalue weighted by Crippen LogP contribution is 2.21. The second kappa shape index (κ2) is 10.0. The average molecular weight is 450 g/mol. The van der Waals surface area contributed by atoms with E-state index < -0.39 is 6.10 Å². The number of fused-ring (bicyclic) bond motifs is 1. The van der Waals surface area contributed by atoms with Gasteiger partial charge in [0, 0.05) is 20.6 Å². The molecule has 172 valence electrons. The third-order valence-electron chi connectivity index (χ3n) is 5.84. The normalized spacial score (nSPS) is 12.2. The number of ether oxygens (including phenoxy) is 1. The highest BCUT2D eigenvalue weighted by atomic mass is 19.1. The molecule has 7 heteroatoms. The summed E-state index contributed by atoms with van der Waals surface area (Å²) in [7, 11) is 3.45. The second-order valence-corrected chi connectivity index (χ2v) is 8.17. The van der Waals surface area contributed by atoms with Crippen molar-refractivity contribution in [2.24, 2.45) is 14.1 Å². The van der Waals surface area contributed by atoms with Crippen LogP contribution in [0.4, 0.5) is 4.39 Å². The number of hydrogen-bond acceptors (Lipinski definition) is 4. The first-order chi connectivity index (χ1) is 15.9. The monoisotopic (exact) mass is 449 g/mol. The molecule has 2 N–H and O–H groups in total. The summed E-state index contributed by atoms with van der Waals surface area (Å²) in [5, 5.41) is 13.9. The molecule has 33 heavy (non-hydrogen) atoms. The quantitative estimate of drug-likeness (QED) is 0.384. The van der Waals surface area contributed by atoms with E-state index in [1.165, 1.54) is 12.1 Å². The summed E-state index contributed by atoms with van der Waals surface area (Å²) in [6.07, 6.45) is 0.0278. The van der Waals surface area contributed by atoms with E-state index in [-0.39, 0.29) is 18.1 Å². The molecule has 0 saturated carbocycles. The molecule has 0 radical (unpaired) electrons. The van der Waals surface area contributed by atoms with Gasteiger partial charge in [-0.25, -0.2) is 9.18 Å². The van der Waals surface area contributed by atoms with Gasteiger partial charge in [0.25, 0.3) is 0 Å². The second-order valence-electron chi connectivity index (χ2n) is 8.17. The van der Waals surface area contributed by atoms with Crippen LogP contribution in [0.5, 0.6) is 5.75 Å². The van der Waals surface area contributed by atoms with Crippen LogP contribution >= 0.6 is 0 Å². The van der Waals surface area contributed by atoms with Gasteiger partial charge in [-0.1, -0.05) is 30.3 Å². The molecule has 0 amide bonds. The van der Waals surface area contributed by atoms with Crippen LogP contribution in [0.1, 0.15) is 22.8 Å². The van der Waals surface area contributed by atoms with Crippen molar-refractivity contribution >= 4 is 11.0 Å². The van der Waals surface area contributed by atoms with Crippen LogP contribution in [0.3, 0.4) is 0 Å². The molecule has 0 spiro atoms. The topological polar surface area (TPSA) is 68.4 Å². The van der Waals surface area contributed by atoms with E-state index in [0.29, 0.717) is 11.3 Å². The molecule has 0 unspecified atom stereocenters. The number of aliphatic hydroxyl groups is 1. The van der Waals surface area contributed by atoms with Crippen molar-refractivity contribution in [1.29, 1.82) is 0 Å².